The van der Waals surface area contributed by atoms with Crippen molar-refractivity contribution in [2.24, 2.45) is 0 Å². The molecule has 4 heteroatoms. The lowest BCUT2D eigenvalue weighted by atomic mass is 9.97. The number of hydrogen-bond acceptors (Lipinski definition) is 2. The van der Waals surface area contributed by atoms with E-state index in [1.54, 1.807) is 0 Å². The van der Waals surface area contributed by atoms with Gasteiger partial charge < -0.3 is 13.9 Å². The average Bonchev–Trinajstić information content (AvgIpc) is 3.89. The normalized spacial score (nSPS) is 13.7. The van der Waals surface area contributed by atoms with Crippen LogP contribution in [0, 0.1) is 0 Å². The molecule has 0 bridgehead atoms. The number of furan rings is 1. The van der Waals surface area contributed by atoms with Gasteiger partial charge in [-0.15, -0.1) is 0 Å². The van der Waals surface area contributed by atoms with Crippen molar-refractivity contribution >= 4 is 81.6 Å². The van der Waals surface area contributed by atoms with E-state index in [4.69, 9.17) is 4.42 Å². The molecule has 3 nitrogen and oxygen atoms in total. The number of anilines is 3. The molecule has 1 aliphatic rings. The van der Waals surface area contributed by atoms with Crippen molar-refractivity contribution in [2.75, 3.05) is 17.4 Å². The molecule has 2 aromatic heterocycles. The van der Waals surface area contributed by atoms with Gasteiger partial charge in [0, 0.05) is 59.6 Å². The lowest BCUT2D eigenvalue weighted by Gasteiger charge is -2.31. The van der Waals surface area contributed by atoms with Crippen molar-refractivity contribution in [1.82, 2.24) is 4.57 Å². The number of aromatic nitrogens is 1. The second-order valence-electron chi connectivity index (χ2n) is 15.7. The van der Waals surface area contributed by atoms with Crippen LogP contribution >= 0.6 is 10.0 Å². The molecule has 0 saturated carbocycles. The first-order chi connectivity index (χ1) is 28.5. The summed E-state index contributed by atoms with van der Waals surface area (Å²) in [7, 11) is -1.36. The molecule has 0 N–H and O–H groups in total. The third-order valence-corrected chi connectivity index (χ3v) is 15.1. The van der Waals surface area contributed by atoms with Gasteiger partial charge in [0.1, 0.15) is 11.2 Å². The summed E-state index contributed by atoms with van der Waals surface area (Å²) < 4.78 is 9.03. The van der Waals surface area contributed by atoms with Crippen molar-refractivity contribution in [3.8, 4) is 27.9 Å². The first-order valence-electron chi connectivity index (χ1n) is 19.8. The third kappa shape index (κ3) is 4.82. The van der Waals surface area contributed by atoms with Crippen LogP contribution in [0.4, 0.5) is 17.1 Å². The van der Waals surface area contributed by atoms with Gasteiger partial charge in [0.25, 0.3) is 0 Å². The van der Waals surface area contributed by atoms with Gasteiger partial charge in [0.05, 0.1) is 11.0 Å². The minimum atomic E-state index is -1.36. The fraction of sp³-hybridized carbons (Fsp3) is 0.0370. The second-order valence-corrected chi connectivity index (χ2v) is 19.3. The van der Waals surface area contributed by atoms with Crippen LogP contribution in [0.25, 0.3) is 82.5 Å². The SMILES string of the molecule is CS1(C)c2cc(N(c3ccc(-n4c5ccccc5c5ccccc54)cc3)c3cccc(-c4cccc5ccccc45)c3)ccc2-c2c1ccc1c2oc2ccccc21. The van der Waals surface area contributed by atoms with Gasteiger partial charge in [-0.1, -0.05) is 115 Å². The molecular formula is C54H38N2OS. The van der Waals surface area contributed by atoms with E-state index < -0.39 is 10.0 Å². The van der Waals surface area contributed by atoms with Crippen LogP contribution in [-0.2, 0) is 0 Å². The summed E-state index contributed by atoms with van der Waals surface area (Å²) in [4.78, 5) is 5.19. The lowest BCUT2D eigenvalue weighted by Crippen LogP contribution is -2.11. The van der Waals surface area contributed by atoms with Gasteiger partial charge in [0.2, 0.25) is 0 Å². The van der Waals surface area contributed by atoms with Crippen molar-refractivity contribution in [2.45, 2.75) is 9.79 Å². The Bertz CT molecular complexity index is 3380. The Labute approximate surface area is 338 Å². The highest BCUT2D eigenvalue weighted by atomic mass is 32.3. The zero-order valence-electron chi connectivity index (χ0n) is 32.2. The van der Waals surface area contributed by atoms with E-state index in [1.807, 2.05) is 0 Å². The summed E-state index contributed by atoms with van der Waals surface area (Å²) in [6, 6.07) is 70.9. The van der Waals surface area contributed by atoms with Gasteiger partial charge in [-0.3, -0.25) is 0 Å². The largest absolute Gasteiger partial charge is 0.455 e. The van der Waals surface area contributed by atoms with Gasteiger partial charge in [-0.2, -0.15) is 10.0 Å². The molecule has 3 heterocycles. The maximum absolute atomic E-state index is 6.64. The Balaban J connectivity index is 1.04. The van der Waals surface area contributed by atoms with Crippen LogP contribution in [-0.4, -0.2) is 17.1 Å². The van der Waals surface area contributed by atoms with E-state index >= 15 is 0 Å². The quantitative estimate of drug-likeness (QED) is 0.174. The summed E-state index contributed by atoms with van der Waals surface area (Å²) in [5, 5.41) is 7.36. The molecular weight excluding hydrogens is 725 g/mol. The van der Waals surface area contributed by atoms with E-state index in [1.165, 1.54) is 75.4 Å². The highest BCUT2D eigenvalue weighted by Crippen LogP contribution is 2.69. The van der Waals surface area contributed by atoms with Crippen LogP contribution in [0.3, 0.4) is 0 Å². The number of rotatable bonds is 5. The monoisotopic (exact) mass is 762 g/mol. The van der Waals surface area contributed by atoms with Crippen LogP contribution < -0.4 is 4.90 Å². The van der Waals surface area contributed by atoms with E-state index in [-0.39, 0.29) is 0 Å². The standard InChI is InChI=1S/C54H38N2OS/c1-58(2)51-32-31-46-45-20-7-10-24-50(45)57-54(46)53(51)47-30-29-40(34-52(47)58)55(39-16-11-15-36(33-39)42-21-12-14-35-13-3-4-17-41(35)42)37-25-27-38(28-26-37)56-48-22-8-5-18-43(48)44-19-6-9-23-49(44)56/h3-34H,1-2H3. The smallest absolute Gasteiger partial charge is 0.144 e. The molecule has 11 aromatic rings. The third-order valence-electron chi connectivity index (χ3n) is 12.3. The Morgan fingerprint density at radius 1 is 0.448 bits per heavy atom. The summed E-state index contributed by atoms with van der Waals surface area (Å²) in [6.07, 6.45) is 4.86. The number of para-hydroxylation sites is 3. The number of hydrogen-bond donors (Lipinski definition) is 0. The summed E-state index contributed by atoms with van der Waals surface area (Å²) >= 11 is 0. The second kappa shape index (κ2) is 12.5. The van der Waals surface area contributed by atoms with Crippen molar-refractivity contribution in [3.63, 3.8) is 0 Å². The lowest BCUT2D eigenvalue weighted by molar-refractivity contribution is 0.669. The fourth-order valence-corrected chi connectivity index (χ4v) is 12.0. The summed E-state index contributed by atoms with van der Waals surface area (Å²) in [6.45, 7) is 0. The molecule has 0 saturated heterocycles. The molecule has 0 spiro atoms. The number of benzene rings is 9. The first kappa shape index (κ1) is 33.2. The Morgan fingerprint density at radius 2 is 1.09 bits per heavy atom. The predicted octanol–water partition coefficient (Wildman–Crippen LogP) is 15.4. The maximum atomic E-state index is 6.64. The number of fused-ring (bicyclic) bond motifs is 11. The predicted molar refractivity (Wildman–Crippen MR) is 247 cm³/mol. The van der Waals surface area contributed by atoms with E-state index in [9.17, 15) is 0 Å². The highest BCUT2D eigenvalue weighted by molar-refractivity contribution is 8.33. The first-order valence-corrected chi connectivity index (χ1v) is 22.3. The average molecular weight is 763 g/mol. The van der Waals surface area contributed by atoms with E-state index in [0.29, 0.717) is 0 Å². The van der Waals surface area contributed by atoms with E-state index in [0.717, 1.165) is 33.9 Å². The van der Waals surface area contributed by atoms with E-state index in [2.05, 4.69) is 216 Å². The molecule has 0 aliphatic carbocycles. The van der Waals surface area contributed by atoms with Gasteiger partial charge in [-0.25, -0.2) is 0 Å². The van der Waals surface area contributed by atoms with Crippen LogP contribution in [0.15, 0.2) is 208 Å². The summed E-state index contributed by atoms with van der Waals surface area (Å²) in [5.41, 5.74) is 13.8. The van der Waals surface area contributed by atoms with Gasteiger partial charge in [-0.05, 0) is 119 Å². The Hall–Kier alpha value is -7.01. The highest BCUT2D eigenvalue weighted by Gasteiger charge is 2.35. The van der Waals surface area contributed by atoms with Crippen molar-refractivity contribution < 1.29 is 4.42 Å². The molecule has 0 amide bonds. The zero-order chi connectivity index (χ0) is 38.5. The Morgan fingerprint density at radius 3 is 1.88 bits per heavy atom. The van der Waals surface area contributed by atoms with Crippen molar-refractivity contribution in [3.05, 3.63) is 194 Å². The number of nitrogens with zero attached hydrogens (tertiary/aromatic N) is 2. The minimum absolute atomic E-state index is 0.936. The molecule has 9 aromatic carbocycles. The zero-order valence-corrected chi connectivity index (χ0v) is 33.0. The molecule has 0 atom stereocenters. The molecule has 0 unspecified atom stereocenters. The van der Waals surface area contributed by atoms with Gasteiger partial charge >= 0.3 is 0 Å². The topological polar surface area (TPSA) is 21.3 Å². The minimum Gasteiger partial charge on any atom is -0.455 e. The van der Waals surface area contributed by atoms with Crippen LogP contribution in [0.5, 0.6) is 0 Å². The van der Waals surface area contributed by atoms with Crippen LogP contribution in [0.2, 0.25) is 0 Å². The maximum Gasteiger partial charge on any atom is 0.144 e. The molecule has 1 aliphatic heterocycles. The Kier molecular flexibility index (Phi) is 7.14. The van der Waals surface area contributed by atoms with Crippen molar-refractivity contribution in [1.29, 1.82) is 0 Å². The molecule has 0 radical (unpaired) electrons. The molecule has 0 fully saturated rings. The van der Waals surface area contributed by atoms with Gasteiger partial charge in [0.15, 0.2) is 0 Å². The van der Waals surface area contributed by atoms with Crippen LogP contribution in [0.1, 0.15) is 0 Å². The molecule has 276 valence electrons. The summed E-state index contributed by atoms with van der Waals surface area (Å²) in [5.74, 6) is 0. The fourth-order valence-electron chi connectivity index (χ4n) is 9.54. The molecule has 12 rings (SSSR count). The molecule has 58 heavy (non-hydrogen) atoms.